The van der Waals surface area contributed by atoms with E-state index in [1.807, 2.05) is 0 Å². The van der Waals surface area contributed by atoms with Crippen molar-refractivity contribution < 1.29 is 31.8 Å². The van der Waals surface area contributed by atoms with Crippen LogP contribution in [0.15, 0.2) is 24.3 Å². The van der Waals surface area contributed by atoms with Crippen molar-refractivity contribution in [2.75, 3.05) is 24.6 Å². The van der Waals surface area contributed by atoms with Crippen LogP contribution in [0.25, 0.3) is 0 Å². The average Bonchev–Trinajstić information content (AvgIpc) is 2.77. The Morgan fingerprint density at radius 1 is 0.848 bits per heavy atom. The number of unbranched alkanes of at least 4 members (excludes halogenated alkanes) is 4. The molecule has 0 fully saturated rings. The molecule has 1 aromatic rings. The van der Waals surface area contributed by atoms with Crippen LogP contribution >= 0.6 is 7.26 Å². The number of carbonyl (C=O) groups excluding carboxylic acids is 2. The van der Waals surface area contributed by atoms with Gasteiger partial charge in [0.15, 0.2) is 0 Å². The smallest absolute Gasteiger partial charge is 0.449 e. The van der Waals surface area contributed by atoms with Gasteiger partial charge in [0.25, 0.3) is 0 Å². The molecule has 0 aliphatic heterocycles. The Morgan fingerprint density at radius 3 is 1.58 bits per heavy atom. The van der Waals surface area contributed by atoms with Crippen molar-refractivity contribution in [1.29, 1.82) is 0 Å². The van der Waals surface area contributed by atoms with Gasteiger partial charge in [-0.3, -0.25) is 4.55 Å². The van der Waals surface area contributed by atoms with Gasteiger partial charge in [-0.15, -0.1) is 0 Å². The molecule has 0 heterocycles. The summed E-state index contributed by atoms with van der Waals surface area (Å²) in [6.07, 6.45) is 17.9. The molecule has 0 unspecified atom stereocenters. The van der Waals surface area contributed by atoms with Gasteiger partial charge in [-0.2, -0.15) is 8.42 Å². The Morgan fingerprint density at radius 2 is 1.24 bits per heavy atom. The number of aromatic carboxylic acids is 1. The van der Waals surface area contributed by atoms with Crippen molar-refractivity contribution in [2.45, 2.75) is 79.1 Å². The normalized spacial score (nSPS) is 11.4. The number of carboxylic acids is 1. The van der Waals surface area contributed by atoms with Crippen LogP contribution in [-0.4, -0.2) is 49.6 Å². The highest BCUT2D eigenvalue weighted by atomic mass is 32.3. The second kappa shape index (κ2) is 17.0. The van der Waals surface area contributed by atoms with E-state index in [0.29, 0.717) is 0 Å². The van der Waals surface area contributed by atoms with Gasteiger partial charge in [0.2, 0.25) is 0 Å². The summed E-state index contributed by atoms with van der Waals surface area (Å²) in [5.41, 5.74) is -0.649. The molecule has 1 rings (SSSR count). The summed E-state index contributed by atoms with van der Waals surface area (Å²) in [5.74, 6) is -2.91. The molecule has 0 bridgehead atoms. The highest BCUT2D eigenvalue weighted by molar-refractivity contribution is 7.81. The zero-order valence-electron chi connectivity index (χ0n) is 20.5. The third-order valence-electron chi connectivity index (χ3n) is 5.46. The molecule has 0 spiro atoms. The van der Waals surface area contributed by atoms with Gasteiger partial charge in [-0.1, -0.05) is 65.5 Å². The van der Waals surface area contributed by atoms with Crippen LogP contribution in [0, 0.1) is 0 Å². The van der Waals surface area contributed by atoms with Crippen LogP contribution < -0.4 is 5.11 Å². The first-order valence-electron chi connectivity index (χ1n) is 11.9. The van der Waals surface area contributed by atoms with Gasteiger partial charge in [-0.25, -0.2) is 4.79 Å². The lowest BCUT2D eigenvalue weighted by Gasteiger charge is -2.28. The topological polar surface area (TPSA) is 121 Å². The van der Waals surface area contributed by atoms with Crippen LogP contribution in [0.4, 0.5) is 0 Å². The second-order valence-electron chi connectivity index (χ2n) is 8.32. The van der Waals surface area contributed by atoms with Gasteiger partial charge in [0.05, 0.1) is 36.2 Å². The summed E-state index contributed by atoms with van der Waals surface area (Å²) >= 11 is 0. The van der Waals surface area contributed by atoms with E-state index < -0.39 is 29.6 Å². The fourth-order valence-electron chi connectivity index (χ4n) is 3.56. The molecule has 0 atom stereocenters. The maximum atomic E-state index is 11.1. The summed E-state index contributed by atoms with van der Waals surface area (Å²) in [4.78, 5) is 21.5. The van der Waals surface area contributed by atoms with Crippen molar-refractivity contribution in [3.05, 3.63) is 35.4 Å². The van der Waals surface area contributed by atoms with Gasteiger partial charge in [0.1, 0.15) is 0 Å². The van der Waals surface area contributed by atoms with Gasteiger partial charge >= 0.3 is 16.4 Å². The molecule has 0 aliphatic rings. The van der Waals surface area contributed by atoms with Gasteiger partial charge < -0.3 is 14.1 Å². The molecule has 0 saturated heterocycles. The third-order valence-corrected chi connectivity index (χ3v) is 10.9. The summed E-state index contributed by atoms with van der Waals surface area (Å²) in [6, 6.07) is 4.34. The first-order chi connectivity index (χ1) is 15.5. The standard InChI is InChI=1S/C16H36P.C8H6O7S/c1-5-9-13-17(14-10-6-2,15-11-7-3)16-12-8-4;9-7(10)5-2-1-3-6(4-5)8(11)15-16(12,13)14/h5-16H2,1-4H3;1-4H,(H,9,10)(H,12,13,14)/q+1;/p-1. The van der Waals surface area contributed by atoms with E-state index in [9.17, 15) is 23.1 Å². The monoisotopic (exact) mass is 504 g/mol. The lowest BCUT2D eigenvalue weighted by atomic mass is 10.1. The molecular formula is C24H41O7PS. The predicted octanol–water partition coefficient (Wildman–Crippen LogP) is 5.21. The molecule has 33 heavy (non-hydrogen) atoms. The van der Waals surface area contributed by atoms with Crippen molar-refractivity contribution >= 4 is 29.6 Å². The maximum absolute atomic E-state index is 11.1. The molecule has 0 amide bonds. The van der Waals surface area contributed by atoms with Crippen molar-refractivity contribution in [3.63, 3.8) is 0 Å². The van der Waals surface area contributed by atoms with Crippen LogP contribution in [-0.2, 0) is 14.6 Å². The Balaban J connectivity index is 0.000000621. The molecule has 0 saturated carbocycles. The molecular weight excluding hydrogens is 463 g/mol. The van der Waals surface area contributed by atoms with Crippen molar-refractivity contribution in [3.8, 4) is 0 Å². The molecule has 0 radical (unpaired) electrons. The number of hydrogen-bond donors (Lipinski definition) is 1. The highest BCUT2D eigenvalue weighted by Gasteiger charge is 2.34. The molecule has 190 valence electrons. The molecule has 0 aliphatic carbocycles. The summed E-state index contributed by atoms with van der Waals surface area (Å²) in [6.45, 7) is 9.42. The highest BCUT2D eigenvalue weighted by Crippen LogP contribution is 2.61. The molecule has 1 N–H and O–H groups in total. The largest absolute Gasteiger partial charge is 0.545 e. The minimum Gasteiger partial charge on any atom is -0.545 e. The molecule has 7 nitrogen and oxygen atoms in total. The predicted molar refractivity (Wildman–Crippen MR) is 134 cm³/mol. The molecule has 1 aromatic carbocycles. The number of carboxylic acid groups (broad SMARTS) is 1. The first kappa shape index (κ1) is 31.5. The summed E-state index contributed by atoms with van der Waals surface area (Å²) in [7, 11) is -5.48. The van der Waals surface area contributed by atoms with E-state index in [4.69, 9.17) is 4.55 Å². The van der Waals surface area contributed by atoms with E-state index in [1.165, 1.54) is 57.4 Å². The Hall–Kier alpha value is -1.50. The maximum Gasteiger partial charge on any atom is 0.449 e. The number of benzene rings is 1. The van der Waals surface area contributed by atoms with Crippen molar-refractivity contribution in [2.24, 2.45) is 0 Å². The van der Waals surface area contributed by atoms with E-state index in [-0.39, 0.29) is 11.1 Å². The Kier molecular flexibility index (Phi) is 16.2. The van der Waals surface area contributed by atoms with Crippen LogP contribution in [0.3, 0.4) is 0 Å². The Bertz CT molecular complexity index is 771. The molecule has 0 aromatic heterocycles. The zero-order valence-corrected chi connectivity index (χ0v) is 22.3. The fourth-order valence-corrected chi connectivity index (χ4v) is 9.14. The second-order valence-corrected chi connectivity index (χ2v) is 13.8. The Labute approximate surface area is 200 Å². The van der Waals surface area contributed by atoms with E-state index in [2.05, 4.69) is 31.9 Å². The van der Waals surface area contributed by atoms with E-state index in [1.54, 1.807) is 24.6 Å². The summed E-state index contributed by atoms with van der Waals surface area (Å²) < 4.78 is 32.3. The van der Waals surface area contributed by atoms with Crippen LogP contribution in [0.5, 0.6) is 0 Å². The number of rotatable bonds is 15. The zero-order chi connectivity index (χ0) is 25.3. The third kappa shape index (κ3) is 14.4. The van der Waals surface area contributed by atoms with E-state index >= 15 is 0 Å². The minimum atomic E-state index is -4.92. The number of carbonyl (C=O) groups is 2. The first-order valence-corrected chi connectivity index (χ1v) is 15.8. The summed E-state index contributed by atoms with van der Waals surface area (Å²) in [5, 5.41) is 10.4. The minimum absolute atomic E-state index is 0.315. The quantitative estimate of drug-likeness (QED) is 0.257. The lowest BCUT2D eigenvalue weighted by molar-refractivity contribution is -0.255. The van der Waals surface area contributed by atoms with E-state index in [0.717, 1.165) is 18.2 Å². The lowest BCUT2D eigenvalue weighted by Crippen LogP contribution is -2.22. The van der Waals surface area contributed by atoms with Crippen molar-refractivity contribution in [1.82, 2.24) is 0 Å². The van der Waals surface area contributed by atoms with Gasteiger partial charge in [-0.05, 0) is 43.4 Å². The number of hydrogen-bond acceptors (Lipinski definition) is 6. The van der Waals surface area contributed by atoms with Crippen LogP contribution in [0.1, 0.15) is 99.8 Å². The molecule has 9 heteroatoms. The average molecular weight is 505 g/mol. The SMILES string of the molecule is CCCC[P+](CCCC)(CCCC)CCCC.O=C([O-])c1cccc(C(=O)OS(=O)(=O)O)c1. The van der Waals surface area contributed by atoms with Gasteiger partial charge in [0, 0.05) is 7.26 Å². The van der Waals surface area contributed by atoms with Crippen LogP contribution in [0.2, 0.25) is 0 Å². The fraction of sp³-hybridized carbons (Fsp3) is 0.667.